The van der Waals surface area contributed by atoms with Gasteiger partial charge in [0.1, 0.15) is 29.6 Å². The molecular weight excluding hydrogens is 627 g/mol. The molecule has 2 aliphatic rings. The summed E-state index contributed by atoms with van der Waals surface area (Å²) < 4.78 is 20.8. The Kier molecular flexibility index (Phi) is 9.94. The Morgan fingerprint density at radius 1 is 1.00 bits per heavy atom. The minimum Gasteiger partial charge on any atom is -0.492 e. The number of aryl methyl sites for hydroxylation is 1. The van der Waals surface area contributed by atoms with Crippen LogP contribution in [0.5, 0.6) is 5.75 Å². The number of aromatic amines is 1. The number of carbonyl (C=O) groups excluding carboxylic acids is 1. The van der Waals surface area contributed by atoms with Crippen LogP contribution in [0.15, 0.2) is 72.8 Å². The van der Waals surface area contributed by atoms with Gasteiger partial charge in [-0.15, -0.1) is 0 Å². The van der Waals surface area contributed by atoms with E-state index in [0.717, 1.165) is 65.8 Å². The number of fused-ring (bicyclic) bond motifs is 1. The van der Waals surface area contributed by atoms with Crippen LogP contribution in [0.25, 0.3) is 33.3 Å². The first kappa shape index (κ1) is 33.5. The predicted octanol–water partition coefficient (Wildman–Crippen LogP) is 8.73. The van der Waals surface area contributed by atoms with Crippen LogP contribution in [0, 0.1) is 24.1 Å². The van der Waals surface area contributed by atoms with Gasteiger partial charge in [0.2, 0.25) is 5.91 Å². The number of H-pyrrole nitrogens is 1. The third-order valence-corrected chi connectivity index (χ3v) is 10.0. The first-order valence-corrected chi connectivity index (χ1v) is 17.8. The number of amides is 1. The van der Waals surface area contributed by atoms with Crippen LogP contribution in [0.1, 0.15) is 68.3 Å². The molecule has 0 unspecified atom stereocenters. The monoisotopic (exact) mass is 672 g/mol. The Morgan fingerprint density at radius 2 is 1.82 bits per heavy atom. The summed E-state index contributed by atoms with van der Waals surface area (Å²) >= 11 is 0. The Bertz CT molecular complexity index is 2030. The van der Waals surface area contributed by atoms with E-state index >= 15 is 0 Å². The Balaban J connectivity index is 1.12. The highest BCUT2D eigenvalue weighted by Gasteiger charge is 2.19. The third kappa shape index (κ3) is 7.73. The molecule has 9 heteroatoms. The largest absolute Gasteiger partial charge is 0.492 e. The van der Waals surface area contributed by atoms with E-state index in [1.165, 1.54) is 44.2 Å². The van der Waals surface area contributed by atoms with Crippen LogP contribution < -0.4 is 15.8 Å². The third-order valence-electron chi connectivity index (χ3n) is 10.0. The molecule has 3 aromatic carbocycles. The van der Waals surface area contributed by atoms with Crippen LogP contribution in [-0.2, 0) is 4.79 Å². The van der Waals surface area contributed by atoms with Gasteiger partial charge in [-0.2, -0.15) is 0 Å². The van der Waals surface area contributed by atoms with Gasteiger partial charge in [-0.05, 0) is 123 Å². The highest BCUT2D eigenvalue weighted by Crippen LogP contribution is 2.34. The first-order valence-electron chi connectivity index (χ1n) is 17.8. The van der Waals surface area contributed by atoms with Gasteiger partial charge in [0.25, 0.3) is 0 Å². The van der Waals surface area contributed by atoms with E-state index in [0.29, 0.717) is 53.0 Å². The molecule has 1 aliphatic carbocycles. The fourth-order valence-electron chi connectivity index (χ4n) is 7.47. The van der Waals surface area contributed by atoms with Crippen LogP contribution >= 0.6 is 0 Å². The number of pyridine rings is 1. The maximum absolute atomic E-state index is 14.9. The molecule has 5 N–H and O–H groups in total. The van der Waals surface area contributed by atoms with E-state index in [1.54, 1.807) is 6.07 Å². The van der Waals surface area contributed by atoms with E-state index in [-0.39, 0.29) is 17.4 Å². The molecule has 7 rings (SSSR count). The maximum Gasteiger partial charge on any atom is 0.224 e. The second-order valence-electron chi connectivity index (χ2n) is 13.9. The number of ether oxygens (including phenoxy) is 1. The molecule has 0 bridgehead atoms. The van der Waals surface area contributed by atoms with Crippen LogP contribution in [-0.4, -0.2) is 52.7 Å². The fourth-order valence-corrected chi connectivity index (χ4v) is 7.47. The smallest absolute Gasteiger partial charge is 0.224 e. The van der Waals surface area contributed by atoms with Crippen LogP contribution in [0.2, 0.25) is 0 Å². The van der Waals surface area contributed by atoms with Gasteiger partial charge in [0.15, 0.2) is 0 Å². The van der Waals surface area contributed by atoms with Crippen molar-refractivity contribution in [1.82, 2.24) is 14.9 Å². The van der Waals surface area contributed by atoms with Crippen molar-refractivity contribution in [1.29, 1.82) is 5.41 Å². The summed E-state index contributed by atoms with van der Waals surface area (Å²) in [5.41, 5.74) is 13.4. The van der Waals surface area contributed by atoms with Gasteiger partial charge in [-0.25, -0.2) is 9.37 Å². The number of hydrogen-bond acceptors (Lipinski definition) is 6. The summed E-state index contributed by atoms with van der Waals surface area (Å²) in [4.78, 5) is 23.5. The second kappa shape index (κ2) is 14.8. The number of aromatic nitrogens is 2. The number of halogens is 1. The molecule has 0 atom stereocenters. The number of nitrogens with zero attached hydrogens (tertiary/aromatic N) is 2. The van der Waals surface area contributed by atoms with Gasteiger partial charge < -0.3 is 20.8 Å². The average molecular weight is 673 g/mol. The minimum absolute atomic E-state index is 0.0406. The normalized spacial score (nSPS) is 15.4. The SMILES string of the molecule is Cc1cc(NC(=O)CC2CCCCC2)cc(-c2ccc(N)c(C(=N)c3cc4c(-c5cc(F)cc(OCCN6CCCC6)c5)cccc4[nH]3)n2)c1. The fraction of sp³-hybridized carbons (Fsp3) is 0.341. The molecule has 1 aliphatic heterocycles. The molecule has 0 spiro atoms. The van der Waals surface area contributed by atoms with Crippen molar-refractivity contribution in [2.24, 2.45) is 5.92 Å². The van der Waals surface area contributed by atoms with Crippen molar-refractivity contribution in [3.8, 4) is 28.1 Å². The van der Waals surface area contributed by atoms with Gasteiger partial charge in [-0.3, -0.25) is 15.1 Å². The molecular formula is C41H45FN6O2. The summed E-state index contributed by atoms with van der Waals surface area (Å²) in [6.07, 6.45) is 8.88. The quantitative estimate of drug-likeness (QED) is 0.105. The Labute approximate surface area is 292 Å². The number of benzene rings is 3. The van der Waals surface area contributed by atoms with Crippen molar-refractivity contribution in [2.45, 2.75) is 58.3 Å². The predicted molar refractivity (Wildman–Crippen MR) is 199 cm³/mol. The van der Waals surface area contributed by atoms with Crippen LogP contribution in [0.3, 0.4) is 0 Å². The zero-order valence-corrected chi connectivity index (χ0v) is 28.7. The Hall–Kier alpha value is -5.02. The highest BCUT2D eigenvalue weighted by atomic mass is 19.1. The molecule has 8 nitrogen and oxygen atoms in total. The lowest BCUT2D eigenvalue weighted by molar-refractivity contribution is -0.117. The topological polar surface area (TPSA) is 120 Å². The number of hydrogen-bond donors (Lipinski definition) is 4. The number of rotatable bonds is 11. The lowest BCUT2D eigenvalue weighted by Crippen LogP contribution is -2.25. The van der Waals surface area contributed by atoms with Crippen molar-refractivity contribution >= 4 is 33.9 Å². The lowest BCUT2D eigenvalue weighted by Gasteiger charge is -2.21. The molecule has 258 valence electrons. The van der Waals surface area contributed by atoms with E-state index in [2.05, 4.69) is 15.2 Å². The summed E-state index contributed by atoms with van der Waals surface area (Å²) in [6.45, 7) is 5.49. The molecule has 1 amide bonds. The van der Waals surface area contributed by atoms with Gasteiger partial charge in [0, 0.05) is 41.2 Å². The lowest BCUT2D eigenvalue weighted by atomic mass is 9.87. The number of anilines is 2. The number of nitrogens with one attached hydrogen (secondary N) is 3. The zero-order chi connectivity index (χ0) is 34.6. The van der Waals surface area contributed by atoms with Gasteiger partial charge >= 0.3 is 0 Å². The first-order chi connectivity index (χ1) is 24.3. The number of likely N-dealkylation sites (tertiary alicyclic amines) is 1. The van der Waals surface area contributed by atoms with Crippen molar-refractivity contribution in [3.63, 3.8) is 0 Å². The van der Waals surface area contributed by atoms with Crippen LogP contribution in [0.4, 0.5) is 15.8 Å². The Morgan fingerprint density at radius 3 is 2.64 bits per heavy atom. The molecule has 50 heavy (non-hydrogen) atoms. The molecule has 0 radical (unpaired) electrons. The van der Waals surface area contributed by atoms with Crippen molar-refractivity contribution in [3.05, 3.63) is 95.6 Å². The van der Waals surface area contributed by atoms with Gasteiger partial charge in [-0.1, -0.05) is 31.4 Å². The maximum atomic E-state index is 14.9. The number of nitrogen functional groups attached to an aromatic ring is 1. The van der Waals surface area contributed by atoms with E-state index in [9.17, 15) is 14.6 Å². The molecule has 2 fully saturated rings. The van der Waals surface area contributed by atoms with Gasteiger partial charge in [0.05, 0.1) is 17.1 Å². The molecule has 5 aromatic rings. The molecule has 1 saturated carbocycles. The molecule has 3 heterocycles. The number of carbonyl (C=O) groups is 1. The minimum atomic E-state index is -0.365. The second-order valence-corrected chi connectivity index (χ2v) is 13.9. The summed E-state index contributed by atoms with van der Waals surface area (Å²) in [7, 11) is 0. The standard InChI is InChI=1S/C41H45FN6O2/c1-26-18-29(22-31(19-26)45-39(49)20-27-8-3-2-4-9-27)36-13-12-35(43)41(47-36)40(44)38-25-34-33(10-7-11-37(34)46-38)28-21-30(42)24-32(23-28)50-17-16-48-14-5-6-15-48/h7,10-13,18-19,21-25,27,44,46H,2-6,8-9,14-17,20,43H2,1H3,(H,45,49). The summed E-state index contributed by atoms with van der Waals surface area (Å²) in [6, 6.07) is 22.0. The highest BCUT2D eigenvalue weighted by molar-refractivity contribution is 6.14. The number of nitrogens with two attached hydrogens (primary N) is 1. The molecule has 2 aromatic heterocycles. The van der Waals surface area contributed by atoms with E-state index in [1.807, 2.05) is 61.5 Å². The summed E-state index contributed by atoms with van der Waals surface area (Å²) in [5.74, 6) is 0.627. The van der Waals surface area contributed by atoms with E-state index in [4.69, 9.17) is 15.5 Å². The summed E-state index contributed by atoms with van der Waals surface area (Å²) in [5, 5.41) is 13.1. The van der Waals surface area contributed by atoms with Crippen molar-refractivity contribution in [2.75, 3.05) is 37.3 Å². The zero-order valence-electron chi connectivity index (χ0n) is 28.7. The molecule has 1 saturated heterocycles. The average Bonchev–Trinajstić information content (AvgIpc) is 3.79. The van der Waals surface area contributed by atoms with E-state index < -0.39 is 0 Å². The van der Waals surface area contributed by atoms with Crippen molar-refractivity contribution < 1.29 is 13.9 Å².